The molecule has 1 saturated heterocycles. The number of nitrogens with one attached hydrogen (secondary N) is 2. The van der Waals surface area contributed by atoms with Crippen LogP contribution < -0.4 is 10.6 Å². The molecule has 0 bridgehead atoms. The zero-order valence-electron chi connectivity index (χ0n) is 16.4. The largest absolute Gasteiger partial charge is 0.424 e. The summed E-state index contributed by atoms with van der Waals surface area (Å²) in [5, 5.41) is 6.75. The Morgan fingerprint density at radius 1 is 1.12 bits per heavy atom. The predicted octanol–water partition coefficient (Wildman–Crippen LogP) is 5.53. The van der Waals surface area contributed by atoms with Crippen molar-refractivity contribution in [2.24, 2.45) is 5.92 Å². The molecule has 0 radical (unpaired) electrons. The summed E-state index contributed by atoms with van der Waals surface area (Å²) in [5.41, 5.74) is 3.23. The van der Waals surface area contributed by atoms with E-state index in [-0.39, 0.29) is 0 Å². The first-order valence-electron chi connectivity index (χ1n) is 10.7. The second-order valence-corrected chi connectivity index (χ2v) is 7.79. The van der Waals surface area contributed by atoms with Crippen molar-refractivity contribution < 1.29 is 4.42 Å². The van der Waals surface area contributed by atoms with E-state index < -0.39 is 0 Å². The van der Waals surface area contributed by atoms with Crippen LogP contribution >= 0.6 is 0 Å². The van der Waals surface area contributed by atoms with E-state index in [1.54, 1.807) is 0 Å². The minimum atomic E-state index is 0.663. The highest BCUT2D eigenvalue weighted by Gasteiger charge is 2.15. The average molecular weight is 358 g/mol. The summed E-state index contributed by atoms with van der Waals surface area (Å²) in [6.45, 7) is 5.43. The van der Waals surface area contributed by atoms with Crippen LogP contribution in [-0.2, 0) is 6.42 Å². The van der Waals surface area contributed by atoms with Crippen LogP contribution in [0.15, 0.2) is 22.6 Å². The number of oxazole rings is 1. The summed E-state index contributed by atoms with van der Waals surface area (Å²) < 4.78 is 5.91. The Morgan fingerprint density at radius 2 is 1.92 bits per heavy atom. The Kier molecular flexibility index (Phi) is 7.81. The maximum Gasteiger partial charge on any atom is 0.295 e. The number of hydrogen-bond donors (Lipinski definition) is 2. The van der Waals surface area contributed by atoms with Crippen molar-refractivity contribution in [3.05, 3.63) is 23.8 Å². The van der Waals surface area contributed by atoms with E-state index >= 15 is 0 Å². The van der Waals surface area contributed by atoms with Crippen molar-refractivity contribution in [3.8, 4) is 0 Å². The third-order valence-corrected chi connectivity index (χ3v) is 5.48. The molecular weight excluding hydrogens is 322 g/mol. The number of unbranched alkanes of at least 4 members (excludes halogenated alkanes) is 7. The molecule has 0 amide bonds. The monoisotopic (exact) mass is 357 g/mol. The van der Waals surface area contributed by atoms with Crippen LogP contribution in [0.25, 0.3) is 11.1 Å². The fourth-order valence-corrected chi connectivity index (χ4v) is 3.78. The SMILES string of the molecule is CCCCCCCCCCc1ccc2nc(NCC3CCNC3)oc2c1. The predicted molar refractivity (Wildman–Crippen MR) is 110 cm³/mol. The normalized spacial score (nSPS) is 17.2. The Bertz CT molecular complexity index is 646. The van der Waals surface area contributed by atoms with Gasteiger partial charge in [0, 0.05) is 6.54 Å². The van der Waals surface area contributed by atoms with Crippen LogP contribution in [0.3, 0.4) is 0 Å². The lowest BCUT2D eigenvalue weighted by atomic mass is 10.0. The Hall–Kier alpha value is -1.55. The highest BCUT2D eigenvalue weighted by Crippen LogP contribution is 2.22. The summed E-state index contributed by atoms with van der Waals surface area (Å²) in [7, 11) is 0. The lowest BCUT2D eigenvalue weighted by Crippen LogP contribution is -2.17. The third kappa shape index (κ3) is 6.01. The first-order valence-corrected chi connectivity index (χ1v) is 10.7. The van der Waals surface area contributed by atoms with Gasteiger partial charge in [0.05, 0.1) is 0 Å². The molecule has 1 fully saturated rings. The van der Waals surface area contributed by atoms with Crippen LogP contribution in [0, 0.1) is 5.92 Å². The van der Waals surface area contributed by atoms with Gasteiger partial charge in [-0.05, 0) is 56.0 Å². The van der Waals surface area contributed by atoms with Crippen molar-refractivity contribution in [1.29, 1.82) is 0 Å². The number of nitrogens with zero attached hydrogens (tertiary/aromatic N) is 1. The van der Waals surface area contributed by atoms with Crippen molar-refractivity contribution >= 4 is 17.1 Å². The van der Waals surface area contributed by atoms with E-state index in [9.17, 15) is 0 Å². The number of benzene rings is 1. The quantitative estimate of drug-likeness (QED) is 0.490. The number of aromatic nitrogens is 1. The van der Waals surface area contributed by atoms with E-state index in [0.29, 0.717) is 11.9 Å². The van der Waals surface area contributed by atoms with Crippen LogP contribution in [0.5, 0.6) is 0 Å². The molecule has 0 spiro atoms. The Morgan fingerprint density at radius 3 is 2.69 bits per heavy atom. The van der Waals surface area contributed by atoms with Gasteiger partial charge in [-0.15, -0.1) is 0 Å². The van der Waals surface area contributed by atoms with Gasteiger partial charge in [0.2, 0.25) is 0 Å². The van der Waals surface area contributed by atoms with Crippen LogP contribution in [0.4, 0.5) is 6.01 Å². The number of hydrogen-bond acceptors (Lipinski definition) is 4. The van der Waals surface area contributed by atoms with E-state index in [0.717, 1.165) is 37.2 Å². The van der Waals surface area contributed by atoms with Crippen LogP contribution in [0.1, 0.15) is 70.3 Å². The van der Waals surface area contributed by atoms with Crippen LogP contribution in [-0.4, -0.2) is 24.6 Å². The van der Waals surface area contributed by atoms with Gasteiger partial charge in [-0.1, -0.05) is 57.9 Å². The van der Waals surface area contributed by atoms with E-state index in [4.69, 9.17) is 4.42 Å². The molecule has 144 valence electrons. The molecule has 2 N–H and O–H groups in total. The van der Waals surface area contributed by atoms with E-state index in [1.165, 1.54) is 63.4 Å². The molecular formula is C22H35N3O. The zero-order valence-corrected chi connectivity index (χ0v) is 16.4. The summed E-state index contributed by atoms with van der Waals surface area (Å²) >= 11 is 0. The van der Waals surface area contributed by atoms with E-state index in [2.05, 4.69) is 40.7 Å². The van der Waals surface area contributed by atoms with Gasteiger partial charge in [-0.25, -0.2) is 0 Å². The molecule has 26 heavy (non-hydrogen) atoms. The molecule has 4 heteroatoms. The molecule has 1 aromatic heterocycles. The van der Waals surface area contributed by atoms with Crippen molar-refractivity contribution in [2.75, 3.05) is 25.0 Å². The van der Waals surface area contributed by atoms with E-state index in [1.807, 2.05) is 0 Å². The topological polar surface area (TPSA) is 50.1 Å². The molecule has 1 unspecified atom stereocenters. The number of aryl methyl sites for hydroxylation is 1. The number of anilines is 1. The number of rotatable bonds is 12. The van der Waals surface area contributed by atoms with Crippen molar-refractivity contribution in [2.45, 2.75) is 71.1 Å². The minimum Gasteiger partial charge on any atom is -0.424 e. The van der Waals surface area contributed by atoms with Crippen LogP contribution in [0.2, 0.25) is 0 Å². The lowest BCUT2D eigenvalue weighted by Gasteiger charge is -2.07. The van der Waals surface area contributed by atoms with Gasteiger partial charge in [0.1, 0.15) is 5.52 Å². The number of fused-ring (bicyclic) bond motifs is 1. The molecule has 1 aliphatic heterocycles. The maximum absolute atomic E-state index is 5.91. The summed E-state index contributed by atoms with van der Waals surface area (Å²) in [6.07, 6.45) is 13.3. The van der Waals surface area contributed by atoms with Gasteiger partial charge in [0.25, 0.3) is 6.01 Å². The molecule has 2 aromatic rings. The lowest BCUT2D eigenvalue weighted by molar-refractivity contribution is 0.572. The third-order valence-electron chi connectivity index (χ3n) is 5.48. The highest BCUT2D eigenvalue weighted by atomic mass is 16.4. The van der Waals surface area contributed by atoms with Gasteiger partial charge < -0.3 is 15.1 Å². The van der Waals surface area contributed by atoms with Crippen molar-refractivity contribution in [1.82, 2.24) is 10.3 Å². The fraction of sp³-hybridized carbons (Fsp3) is 0.682. The first-order chi connectivity index (χ1) is 12.8. The van der Waals surface area contributed by atoms with Crippen molar-refractivity contribution in [3.63, 3.8) is 0 Å². The Labute approximate surface area is 158 Å². The second-order valence-electron chi connectivity index (χ2n) is 7.79. The molecule has 1 aromatic carbocycles. The second kappa shape index (κ2) is 10.6. The molecule has 4 nitrogen and oxygen atoms in total. The fourth-order valence-electron chi connectivity index (χ4n) is 3.78. The van der Waals surface area contributed by atoms with Gasteiger partial charge in [0.15, 0.2) is 5.58 Å². The smallest absolute Gasteiger partial charge is 0.295 e. The summed E-state index contributed by atoms with van der Waals surface area (Å²) in [5.74, 6) is 0.683. The molecule has 0 saturated carbocycles. The molecule has 2 heterocycles. The first kappa shape index (κ1) is 19.2. The standard InChI is InChI=1S/C22H35N3O/c1-2-3-4-5-6-7-8-9-10-18-11-12-20-21(15-18)26-22(25-20)24-17-19-13-14-23-16-19/h11-12,15,19,23H,2-10,13-14,16-17H2,1H3,(H,24,25). The molecule has 1 atom stereocenters. The zero-order chi connectivity index (χ0) is 18.0. The Balaban J connectivity index is 1.39. The molecule has 0 aliphatic carbocycles. The van der Waals surface area contributed by atoms with Gasteiger partial charge >= 0.3 is 0 Å². The molecule has 3 rings (SSSR count). The van der Waals surface area contributed by atoms with Gasteiger partial charge in [-0.2, -0.15) is 4.98 Å². The highest BCUT2D eigenvalue weighted by molar-refractivity contribution is 5.75. The molecule has 1 aliphatic rings. The summed E-state index contributed by atoms with van der Waals surface area (Å²) in [4.78, 5) is 4.56. The summed E-state index contributed by atoms with van der Waals surface area (Å²) in [6, 6.07) is 7.14. The van der Waals surface area contributed by atoms with Gasteiger partial charge in [-0.3, -0.25) is 0 Å². The maximum atomic E-state index is 5.91. The average Bonchev–Trinajstić information content (AvgIpc) is 3.30. The minimum absolute atomic E-state index is 0.663.